The molecule has 0 unspecified atom stereocenters. The predicted molar refractivity (Wildman–Crippen MR) is 112 cm³/mol. The van der Waals surface area contributed by atoms with Crippen molar-refractivity contribution in [2.75, 3.05) is 31.1 Å². The highest BCUT2D eigenvalue weighted by Gasteiger charge is 2.27. The predicted octanol–water partition coefficient (Wildman–Crippen LogP) is 2.60. The summed E-state index contributed by atoms with van der Waals surface area (Å²) in [4.78, 5) is 25.5. The molecule has 0 atom stereocenters. The van der Waals surface area contributed by atoms with Crippen LogP contribution in [0.3, 0.4) is 0 Å². The molecule has 0 spiro atoms. The fourth-order valence-corrected chi connectivity index (χ4v) is 3.56. The van der Waals surface area contributed by atoms with Crippen LogP contribution < -0.4 is 4.90 Å². The third-order valence-electron chi connectivity index (χ3n) is 5.11. The van der Waals surface area contributed by atoms with E-state index in [0.717, 1.165) is 24.6 Å². The van der Waals surface area contributed by atoms with Crippen molar-refractivity contribution in [1.29, 1.82) is 0 Å². The van der Waals surface area contributed by atoms with Gasteiger partial charge in [0.1, 0.15) is 6.33 Å². The average Bonchev–Trinajstić information content (AvgIpc) is 3.12. The number of aryl methyl sites for hydroxylation is 1. The van der Waals surface area contributed by atoms with Gasteiger partial charge in [-0.25, -0.2) is 9.97 Å². The number of anilines is 1. The molecule has 1 aliphatic heterocycles. The van der Waals surface area contributed by atoms with Gasteiger partial charge >= 0.3 is 0 Å². The van der Waals surface area contributed by atoms with Gasteiger partial charge < -0.3 is 9.80 Å². The first-order valence-corrected chi connectivity index (χ1v) is 9.98. The summed E-state index contributed by atoms with van der Waals surface area (Å²) in [7, 11) is 0. The van der Waals surface area contributed by atoms with Crippen LogP contribution >= 0.6 is 0 Å². The van der Waals surface area contributed by atoms with Crippen LogP contribution in [-0.2, 0) is 4.79 Å². The summed E-state index contributed by atoms with van der Waals surface area (Å²) >= 11 is 0. The molecule has 8 nitrogen and oxygen atoms in total. The first kappa shape index (κ1) is 19.3. The molecule has 1 saturated heterocycles. The summed E-state index contributed by atoms with van der Waals surface area (Å²) < 4.78 is 1.74. The maximum Gasteiger partial charge on any atom is 0.223 e. The Labute approximate surface area is 170 Å². The first-order chi connectivity index (χ1) is 13.8. The highest BCUT2D eigenvalue weighted by Crippen LogP contribution is 2.25. The SMILES string of the molecule is Cc1ccc(-n2nnc3c(N4CCN(C(=O)CC(C)(C)C)CC4)ncnc32)cc1. The van der Waals surface area contributed by atoms with Gasteiger partial charge in [0, 0.05) is 32.6 Å². The molecule has 8 heteroatoms. The molecule has 0 N–H and O–H groups in total. The molecular weight excluding hydrogens is 366 g/mol. The third-order valence-corrected chi connectivity index (χ3v) is 5.11. The van der Waals surface area contributed by atoms with E-state index < -0.39 is 0 Å². The molecule has 152 valence electrons. The molecule has 2 aromatic heterocycles. The van der Waals surface area contributed by atoms with Crippen LogP contribution in [0.4, 0.5) is 5.82 Å². The molecule has 29 heavy (non-hydrogen) atoms. The largest absolute Gasteiger partial charge is 0.351 e. The number of carbonyl (C=O) groups is 1. The number of hydrogen-bond donors (Lipinski definition) is 0. The van der Waals surface area contributed by atoms with Gasteiger partial charge in [0.25, 0.3) is 0 Å². The number of aromatic nitrogens is 5. The zero-order chi connectivity index (χ0) is 20.6. The highest BCUT2D eigenvalue weighted by molar-refractivity contribution is 5.84. The highest BCUT2D eigenvalue weighted by atomic mass is 16.2. The van der Waals surface area contributed by atoms with Crippen molar-refractivity contribution >= 4 is 22.9 Å². The van der Waals surface area contributed by atoms with Crippen LogP contribution in [0, 0.1) is 12.3 Å². The summed E-state index contributed by atoms with van der Waals surface area (Å²) in [6.07, 6.45) is 2.12. The van der Waals surface area contributed by atoms with Gasteiger partial charge in [0.15, 0.2) is 17.0 Å². The van der Waals surface area contributed by atoms with E-state index in [1.165, 1.54) is 5.56 Å². The van der Waals surface area contributed by atoms with Crippen molar-refractivity contribution in [3.63, 3.8) is 0 Å². The van der Waals surface area contributed by atoms with E-state index in [4.69, 9.17) is 0 Å². The summed E-state index contributed by atoms with van der Waals surface area (Å²) in [5.74, 6) is 0.992. The molecule has 1 amide bonds. The van der Waals surface area contributed by atoms with Gasteiger partial charge in [-0.2, -0.15) is 4.68 Å². The van der Waals surface area contributed by atoms with E-state index in [1.54, 1.807) is 11.0 Å². The van der Waals surface area contributed by atoms with Gasteiger partial charge in [-0.1, -0.05) is 43.7 Å². The van der Waals surface area contributed by atoms with Crippen LogP contribution in [-0.4, -0.2) is 61.9 Å². The summed E-state index contributed by atoms with van der Waals surface area (Å²) in [5, 5.41) is 8.67. The molecule has 0 bridgehead atoms. The first-order valence-electron chi connectivity index (χ1n) is 9.98. The standard InChI is InChI=1S/C21H27N7O/c1-15-5-7-16(8-6-15)28-20-18(24-25-28)19(22-14-23-20)27-11-9-26(10-12-27)17(29)13-21(2,3)4/h5-8,14H,9-13H2,1-4H3. The molecule has 3 aromatic rings. The molecule has 0 saturated carbocycles. The van der Waals surface area contributed by atoms with Crippen LogP contribution in [0.5, 0.6) is 0 Å². The fraction of sp³-hybridized carbons (Fsp3) is 0.476. The number of fused-ring (bicyclic) bond motifs is 1. The third kappa shape index (κ3) is 4.06. The molecule has 1 aromatic carbocycles. The molecule has 0 radical (unpaired) electrons. The van der Waals surface area contributed by atoms with Crippen LogP contribution in [0.15, 0.2) is 30.6 Å². The molecule has 1 aliphatic rings. The van der Waals surface area contributed by atoms with Crippen LogP contribution in [0.1, 0.15) is 32.8 Å². The summed E-state index contributed by atoms with van der Waals surface area (Å²) in [6.45, 7) is 11.1. The van der Waals surface area contributed by atoms with E-state index in [2.05, 4.69) is 52.9 Å². The molecule has 3 heterocycles. The monoisotopic (exact) mass is 393 g/mol. The Kier molecular flexibility index (Phi) is 4.94. The minimum absolute atomic E-state index is 0.00150. The normalized spacial score (nSPS) is 15.2. The zero-order valence-electron chi connectivity index (χ0n) is 17.5. The number of hydrogen-bond acceptors (Lipinski definition) is 6. The Morgan fingerprint density at radius 3 is 2.38 bits per heavy atom. The van der Waals surface area contributed by atoms with E-state index in [-0.39, 0.29) is 11.3 Å². The van der Waals surface area contributed by atoms with E-state index in [9.17, 15) is 4.79 Å². The van der Waals surface area contributed by atoms with Crippen molar-refractivity contribution in [3.05, 3.63) is 36.2 Å². The second kappa shape index (κ2) is 7.42. The van der Waals surface area contributed by atoms with Crippen molar-refractivity contribution < 1.29 is 4.79 Å². The number of nitrogens with zero attached hydrogens (tertiary/aromatic N) is 7. The van der Waals surface area contributed by atoms with Crippen molar-refractivity contribution in [2.45, 2.75) is 34.1 Å². The van der Waals surface area contributed by atoms with Gasteiger partial charge in [-0.15, -0.1) is 5.10 Å². The Hall–Kier alpha value is -3.03. The molecule has 0 aliphatic carbocycles. The lowest BCUT2D eigenvalue weighted by molar-refractivity contribution is -0.133. The maximum atomic E-state index is 12.5. The Morgan fingerprint density at radius 2 is 1.72 bits per heavy atom. The minimum Gasteiger partial charge on any atom is -0.351 e. The van der Waals surface area contributed by atoms with E-state index in [0.29, 0.717) is 30.7 Å². The van der Waals surface area contributed by atoms with Gasteiger partial charge in [0.2, 0.25) is 5.91 Å². The van der Waals surface area contributed by atoms with E-state index in [1.807, 2.05) is 29.2 Å². The summed E-state index contributed by atoms with van der Waals surface area (Å²) in [5.41, 5.74) is 3.47. The lowest BCUT2D eigenvalue weighted by Crippen LogP contribution is -2.49. The van der Waals surface area contributed by atoms with Crippen molar-refractivity contribution in [1.82, 2.24) is 29.9 Å². The second-order valence-corrected chi connectivity index (χ2v) is 8.81. The van der Waals surface area contributed by atoms with Gasteiger partial charge in [-0.05, 0) is 24.5 Å². The number of amides is 1. The Morgan fingerprint density at radius 1 is 1.03 bits per heavy atom. The summed E-state index contributed by atoms with van der Waals surface area (Å²) in [6, 6.07) is 8.09. The van der Waals surface area contributed by atoms with Crippen molar-refractivity contribution in [2.24, 2.45) is 5.41 Å². The molecular formula is C21H27N7O. The number of rotatable bonds is 3. The second-order valence-electron chi connectivity index (χ2n) is 8.81. The fourth-order valence-electron chi connectivity index (χ4n) is 3.56. The topological polar surface area (TPSA) is 80.0 Å². The van der Waals surface area contributed by atoms with Crippen molar-refractivity contribution in [3.8, 4) is 5.69 Å². The van der Waals surface area contributed by atoms with Crippen LogP contribution in [0.2, 0.25) is 0 Å². The smallest absolute Gasteiger partial charge is 0.223 e. The lowest BCUT2D eigenvalue weighted by atomic mass is 9.91. The van der Waals surface area contributed by atoms with Gasteiger partial charge in [0.05, 0.1) is 5.69 Å². The van der Waals surface area contributed by atoms with Gasteiger partial charge in [-0.3, -0.25) is 4.79 Å². The zero-order valence-corrected chi connectivity index (χ0v) is 17.5. The molecule has 4 rings (SSSR count). The lowest BCUT2D eigenvalue weighted by Gasteiger charge is -2.36. The quantitative estimate of drug-likeness (QED) is 0.680. The molecule has 1 fully saturated rings. The maximum absolute atomic E-state index is 12.5. The Balaban J connectivity index is 1.54. The average molecular weight is 393 g/mol. The number of carbonyl (C=O) groups excluding carboxylic acids is 1. The van der Waals surface area contributed by atoms with E-state index >= 15 is 0 Å². The Bertz CT molecular complexity index is 1010. The van der Waals surface area contributed by atoms with Crippen LogP contribution in [0.25, 0.3) is 16.9 Å². The number of piperazine rings is 1. The minimum atomic E-state index is 0.00150. The number of benzene rings is 1.